The van der Waals surface area contributed by atoms with Gasteiger partial charge in [-0.2, -0.15) is 0 Å². The van der Waals surface area contributed by atoms with E-state index < -0.39 is 0 Å². The van der Waals surface area contributed by atoms with Gasteiger partial charge in [0.2, 0.25) is 0 Å². The molecule has 0 aliphatic carbocycles. The van der Waals surface area contributed by atoms with Crippen LogP contribution in [0.25, 0.3) is 0 Å². The molecule has 1 unspecified atom stereocenters. The Kier molecular flexibility index (Phi) is 6.50. The summed E-state index contributed by atoms with van der Waals surface area (Å²) < 4.78 is 0. The first-order chi connectivity index (χ1) is 12.1. The zero-order valence-corrected chi connectivity index (χ0v) is 18.0. The number of aryl methyl sites for hydroxylation is 1. The van der Waals surface area contributed by atoms with Gasteiger partial charge in [-0.15, -0.1) is 25.0 Å². The molecule has 5 heteroatoms. The third kappa shape index (κ3) is 3.89. The molecular weight excluding hydrogens is 380 g/mol. The summed E-state index contributed by atoms with van der Waals surface area (Å²) >= 11 is 6.70. The van der Waals surface area contributed by atoms with Gasteiger partial charge in [0.1, 0.15) is 0 Å². The summed E-state index contributed by atoms with van der Waals surface area (Å²) in [5.74, 6) is 0. The highest BCUT2D eigenvalue weighted by Gasteiger charge is 2.27. The van der Waals surface area contributed by atoms with Crippen LogP contribution in [0, 0.1) is 6.92 Å². The fourth-order valence-electron chi connectivity index (χ4n) is 4.10. The van der Waals surface area contributed by atoms with Crippen molar-refractivity contribution in [2.24, 2.45) is 0 Å². The molecule has 2 nitrogen and oxygen atoms in total. The van der Waals surface area contributed by atoms with Gasteiger partial charge in [-0.3, -0.25) is 0 Å². The second kappa shape index (κ2) is 8.47. The van der Waals surface area contributed by atoms with E-state index >= 15 is 0 Å². The SMILES string of the molecule is Cc1cc(S)c2c(c1)Sc1ccccc1N2CCC1CCCCN1C.Cl. The third-order valence-corrected chi connectivity index (χ3v) is 6.89. The lowest BCUT2D eigenvalue weighted by Gasteiger charge is -2.37. The van der Waals surface area contributed by atoms with E-state index in [1.807, 2.05) is 11.8 Å². The van der Waals surface area contributed by atoms with E-state index in [1.54, 1.807) is 0 Å². The average Bonchev–Trinajstić information content (AvgIpc) is 2.59. The molecule has 2 aromatic rings. The van der Waals surface area contributed by atoms with Crippen molar-refractivity contribution in [1.29, 1.82) is 0 Å². The van der Waals surface area contributed by atoms with Crippen molar-refractivity contribution in [3.05, 3.63) is 42.0 Å². The van der Waals surface area contributed by atoms with E-state index in [1.165, 1.54) is 59.0 Å². The van der Waals surface area contributed by atoms with Crippen LogP contribution in [0.1, 0.15) is 31.2 Å². The lowest BCUT2D eigenvalue weighted by Crippen LogP contribution is -2.38. The molecule has 0 bridgehead atoms. The number of fused-ring (bicyclic) bond motifs is 2. The van der Waals surface area contributed by atoms with E-state index in [2.05, 4.69) is 60.2 Å². The van der Waals surface area contributed by atoms with Crippen molar-refractivity contribution < 1.29 is 0 Å². The zero-order chi connectivity index (χ0) is 17.4. The Labute approximate surface area is 173 Å². The zero-order valence-electron chi connectivity index (χ0n) is 15.4. The molecule has 0 spiro atoms. The molecule has 2 aliphatic rings. The van der Waals surface area contributed by atoms with Crippen molar-refractivity contribution in [3.8, 4) is 0 Å². The first kappa shape index (κ1) is 19.9. The Bertz CT molecular complexity index is 781. The summed E-state index contributed by atoms with van der Waals surface area (Å²) in [5, 5.41) is 0. The van der Waals surface area contributed by atoms with E-state index in [-0.39, 0.29) is 12.4 Å². The molecule has 2 aliphatic heterocycles. The van der Waals surface area contributed by atoms with Gasteiger partial charge in [0.05, 0.1) is 11.4 Å². The molecule has 0 radical (unpaired) electrons. The summed E-state index contributed by atoms with van der Waals surface area (Å²) in [6, 6.07) is 14.0. The Morgan fingerprint density at radius 1 is 1.15 bits per heavy atom. The Balaban J connectivity index is 0.00000196. The van der Waals surface area contributed by atoms with Crippen LogP contribution >= 0.6 is 36.8 Å². The molecule has 2 heterocycles. The van der Waals surface area contributed by atoms with Crippen LogP contribution in [-0.4, -0.2) is 31.1 Å². The maximum atomic E-state index is 4.83. The number of halogens is 1. The number of piperidine rings is 1. The number of benzene rings is 2. The van der Waals surface area contributed by atoms with Crippen molar-refractivity contribution in [2.75, 3.05) is 25.0 Å². The number of anilines is 2. The van der Waals surface area contributed by atoms with Crippen LogP contribution in [0.5, 0.6) is 0 Å². The highest BCUT2D eigenvalue weighted by molar-refractivity contribution is 7.99. The molecule has 0 aromatic heterocycles. The lowest BCUT2D eigenvalue weighted by molar-refractivity contribution is 0.178. The molecule has 1 saturated heterocycles. The monoisotopic (exact) mass is 406 g/mol. The molecule has 0 amide bonds. The normalized spacial score (nSPS) is 19.5. The second-order valence-electron chi connectivity index (χ2n) is 7.27. The third-order valence-electron chi connectivity index (χ3n) is 5.45. The Hall–Kier alpha value is -0.810. The van der Waals surface area contributed by atoms with Crippen LogP contribution in [0.3, 0.4) is 0 Å². The number of likely N-dealkylation sites (tertiary alicyclic amines) is 1. The summed E-state index contributed by atoms with van der Waals surface area (Å²) in [6.07, 6.45) is 5.25. The smallest absolute Gasteiger partial charge is 0.0688 e. The van der Waals surface area contributed by atoms with Gasteiger partial charge >= 0.3 is 0 Å². The van der Waals surface area contributed by atoms with Crippen LogP contribution in [-0.2, 0) is 0 Å². The van der Waals surface area contributed by atoms with Gasteiger partial charge in [-0.05, 0) is 69.6 Å². The van der Waals surface area contributed by atoms with E-state index in [4.69, 9.17) is 12.6 Å². The predicted octanol–water partition coefficient (Wildman–Crippen LogP) is 6.18. The highest BCUT2D eigenvalue weighted by Crippen LogP contribution is 2.50. The molecule has 0 N–H and O–H groups in total. The fraction of sp³-hybridized carbons (Fsp3) is 0.429. The van der Waals surface area contributed by atoms with Crippen molar-refractivity contribution >= 4 is 48.2 Å². The van der Waals surface area contributed by atoms with Gasteiger partial charge < -0.3 is 9.80 Å². The van der Waals surface area contributed by atoms with Crippen molar-refractivity contribution in [1.82, 2.24) is 4.90 Å². The maximum Gasteiger partial charge on any atom is 0.0688 e. The lowest BCUT2D eigenvalue weighted by atomic mass is 9.99. The topological polar surface area (TPSA) is 6.48 Å². The highest BCUT2D eigenvalue weighted by atomic mass is 35.5. The number of para-hydroxylation sites is 1. The largest absolute Gasteiger partial charge is 0.339 e. The summed E-state index contributed by atoms with van der Waals surface area (Å²) in [4.78, 5) is 8.83. The second-order valence-corrected chi connectivity index (χ2v) is 8.84. The Morgan fingerprint density at radius 3 is 2.77 bits per heavy atom. The van der Waals surface area contributed by atoms with Gasteiger partial charge in [0, 0.05) is 27.3 Å². The average molecular weight is 407 g/mol. The van der Waals surface area contributed by atoms with Crippen molar-refractivity contribution in [2.45, 2.75) is 53.3 Å². The molecule has 140 valence electrons. The maximum absolute atomic E-state index is 4.83. The van der Waals surface area contributed by atoms with Crippen LogP contribution in [0.2, 0.25) is 0 Å². The number of hydrogen-bond acceptors (Lipinski definition) is 4. The minimum Gasteiger partial charge on any atom is -0.339 e. The molecule has 2 aromatic carbocycles. The van der Waals surface area contributed by atoms with Crippen molar-refractivity contribution in [3.63, 3.8) is 0 Å². The van der Waals surface area contributed by atoms with E-state index in [9.17, 15) is 0 Å². The van der Waals surface area contributed by atoms with Crippen LogP contribution in [0.15, 0.2) is 51.1 Å². The fourth-order valence-corrected chi connectivity index (χ4v) is 5.85. The number of hydrogen-bond donors (Lipinski definition) is 1. The quantitative estimate of drug-likeness (QED) is 0.608. The molecule has 1 atom stereocenters. The molecule has 1 fully saturated rings. The summed E-state index contributed by atoms with van der Waals surface area (Å²) in [5.41, 5.74) is 3.90. The Morgan fingerprint density at radius 2 is 1.96 bits per heavy atom. The number of rotatable bonds is 3. The van der Waals surface area contributed by atoms with Gasteiger partial charge in [0.15, 0.2) is 0 Å². The molecule has 26 heavy (non-hydrogen) atoms. The predicted molar refractivity (Wildman–Crippen MR) is 118 cm³/mol. The minimum atomic E-state index is 0. The first-order valence-corrected chi connectivity index (χ1v) is 10.5. The van der Waals surface area contributed by atoms with Gasteiger partial charge in [-0.25, -0.2) is 0 Å². The summed E-state index contributed by atoms with van der Waals surface area (Å²) in [6.45, 7) is 4.45. The van der Waals surface area contributed by atoms with E-state index in [0.717, 1.165) is 11.4 Å². The van der Waals surface area contributed by atoms with Crippen LogP contribution < -0.4 is 4.90 Å². The standard InChI is InChI=1S/C21H26N2S2.ClH/c1-15-13-18(24)21-20(14-15)25-19-9-4-3-8-17(19)23(21)12-10-16-7-5-6-11-22(16)2;/h3-4,8-9,13-14,16,24H,5-7,10-12H2,1-2H3;1H. The van der Waals surface area contributed by atoms with Gasteiger partial charge in [0.25, 0.3) is 0 Å². The number of nitrogens with zero attached hydrogens (tertiary/aromatic N) is 2. The first-order valence-electron chi connectivity index (χ1n) is 9.22. The molecular formula is C21H27ClN2S2. The molecule has 4 rings (SSSR count). The van der Waals surface area contributed by atoms with Crippen LogP contribution in [0.4, 0.5) is 11.4 Å². The molecule has 0 saturated carbocycles. The minimum absolute atomic E-state index is 0. The van der Waals surface area contributed by atoms with E-state index in [0.29, 0.717) is 6.04 Å². The summed E-state index contributed by atoms with van der Waals surface area (Å²) in [7, 11) is 2.28. The van der Waals surface area contributed by atoms with Gasteiger partial charge in [-0.1, -0.05) is 30.3 Å². The number of thiol groups is 1.